The fourth-order valence-corrected chi connectivity index (χ4v) is 4.26. The number of nitrogens with zero attached hydrogens (tertiary/aromatic N) is 3. The van der Waals surface area contributed by atoms with E-state index in [1.165, 1.54) is 12.1 Å². The molecule has 0 radical (unpaired) electrons. The van der Waals surface area contributed by atoms with Gasteiger partial charge < -0.3 is 14.6 Å². The number of halogens is 1. The van der Waals surface area contributed by atoms with E-state index in [-0.39, 0.29) is 17.6 Å². The van der Waals surface area contributed by atoms with Gasteiger partial charge in [0.05, 0.1) is 23.3 Å². The van der Waals surface area contributed by atoms with E-state index < -0.39 is 0 Å². The van der Waals surface area contributed by atoms with E-state index >= 15 is 0 Å². The number of rotatable bonds is 8. The third-order valence-electron chi connectivity index (χ3n) is 6.08. The molecule has 7 nitrogen and oxygen atoms in total. The molecule has 1 unspecified atom stereocenters. The molecule has 0 spiro atoms. The van der Waals surface area contributed by atoms with Crippen molar-refractivity contribution in [3.05, 3.63) is 77.6 Å². The van der Waals surface area contributed by atoms with Crippen LogP contribution in [-0.2, 0) is 17.6 Å². The monoisotopic (exact) mass is 447 g/mol. The number of imidazole rings is 1. The summed E-state index contributed by atoms with van der Waals surface area (Å²) in [7, 11) is 0. The van der Waals surface area contributed by atoms with Crippen LogP contribution in [0, 0.1) is 5.82 Å². The van der Waals surface area contributed by atoms with Crippen molar-refractivity contribution < 1.29 is 13.9 Å². The Morgan fingerprint density at radius 3 is 2.85 bits per heavy atom. The molecule has 1 atom stereocenters. The van der Waals surface area contributed by atoms with Crippen LogP contribution in [0.3, 0.4) is 0 Å². The largest absolute Gasteiger partial charge is 0.493 e. The number of fused-ring (bicyclic) bond motifs is 1. The fraction of sp³-hybridized carbons (Fsp3) is 0.320. The number of para-hydroxylation sites is 2. The lowest BCUT2D eigenvalue weighted by Crippen LogP contribution is -2.28. The van der Waals surface area contributed by atoms with Gasteiger partial charge in [-0.25, -0.2) is 9.37 Å². The highest BCUT2D eigenvalue weighted by Gasteiger charge is 2.28. The van der Waals surface area contributed by atoms with Crippen LogP contribution in [0.1, 0.15) is 36.0 Å². The van der Waals surface area contributed by atoms with Crippen LogP contribution in [0.4, 0.5) is 4.39 Å². The van der Waals surface area contributed by atoms with Crippen molar-refractivity contribution in [1.82, 2.24) is 25.1 Å². The maximum absolute atomic E-state index is 13.0. The normalized spacial score (nSPS) is 15.9. The number of H-pyrrole nitrogens is 2. The molecule has 5 rings (SSSR count). The molecule has 33 heavy (non-hydrogen) atoms. The first-order valence-corrected chi connectivity index (χ1v) is 11.3. The Morgan fingerprint density at radius 1 is 1.15 bits per heavy atom. The van der Waals surface area contributed by atoms with E-state index in [9.17, 15) is 9.18 Å². The standard InChI is InChI=1S/C25H26FN5O2/c26-18-5-7-20(8-6-18)33-14-12-19-15-23(30-29-19)17-11-13-31(16-17)25(32)10-9-24-27-21-3-1-2-4-22(21)28-24/h1-8,15,17H,9-14,16H2,(H,27,28)(H,29,30). The van der Waals surface area contributed by atoms with E-state index in [1.807, 2.05) is 29.2 Å². The number of nitrogens with one attached hydrogen (secondary N) is 2. The molecule has 0 bridgehead atoms. The maximum Gasteiger partial charge on any atom is 0.223 e. The molecular formula is C25H26FN5O2. The summed E-state index contributed by atoms with van der Waals surface area (Å²) in [6, 6.07) is 15.9. The van der Waals surface area contributed by atoms with Crippen LogP contribution in [0.5, 0.6) is 5.75 Å². The van der Waals surface area contributed by atoms with Crippen molar-refractivity contribution >= 4 is 16.9 Å². The van der Waals surface area contributed by atoms with Gasteiger partial charge in [0.25, 0.3) is 0 Å². The second-order valence-corrected chi connectivity index (χ2v) is 8.40. The number of benzene rings is 2. The van der Waals surface area contributed by atoms with Gasteiger partial charge in [-0.3, -0.25) is 9.89 Å². The molecule has 1 aliphatic heterocycles. The predicted octanol–water partition coefficient (Wildman–Crippen LogP) is 4.00. The summed E-state index contributed by atoms with van der Waals surface area (Å²) in [6.45, 7) is 1.92. The second-order valence-electron chi connectivity index (χ2n) is 8.40. The first-order chi connectivity index (χ1) is 16.1. The Bertz CT molecular complexity index is 1200. The molecular weight excluding hydrogens is 421 g/mol. The third kappa shape index (κ3) is 5.05. The Labute approximate surface area is 191 Å². The first-order valence-electron chi connectivity index (χ1n) is 11.3. The van der Waals surface area contributed by atoms with Crippen LogP contribution in [0.15, 0.2) is 54.6 Å². The summed E-state index contributed by atoms with van der Waals surface area (Å²) < 4.78 is 18.6. The van der Waals surface area contributed by atoms with Gasteiger partial charge in [-0.15, -0.1) is 0 Å². The van der Waals surface area contributed by atoms with Gasteiger partial charge in [0.1, 0.15) is 17.4 Å². The highest BCUT2D eigenvalue weighted by atomic mass is 19.1. The molecule has 4 aromatic rings. The number of amides is 1. The van der Waals surface area contributed by atoms with E-state index in [0.29, 0.717) is 38.2 Å². The fourth-order valence-electron chi connectivity index (χ4n) is 4.26. The molecule has 170 valence electrons. The van der Waals surface area contributed by atoms with E-state index in [0.717, 1.165) is 41.2 Å². The predicted molar refractivity (Wildman–Crippen MR) is 123 cm³/mol. The quantitative estimate of drug-likeness (QED) is 0.428. The number of hydrogen-bond donors (Lipinski definition) is 2. The van der Waals surface area contributed by atoms with Crippen molar-refractivity contribution in [2.24, 2.45) is 0 Å². The van der Waals surface area contributed by atoms with Crippen LogP contribution in [0.2, 0.25) is 0 Å². The Kier molecular flexibility index (Phi) is 6.06. The molecule has 3 heterocycles. The average Bonchev–Trinajstić information content (AvgIpc) is 3.57. The molecule has 1 fully saturated rings. The van der Waals surface area contributed by atoms with Crippen molar-refractivity contribution in [3.63, 3.8) is 0 Å². The number of carbonyl (C=O) groups is 1. The number of aryl methyl sites for hydroxylation is 1. The number of likely N-dealkylation sites (tertiary alicyclic amines) is 1. The van der Waals surface area contributed by atoms with Gasteiger partial charge in [0, 0.05) is 44.0 Å². The van der Waals surface area contributed by atoms with Gasteiger partial charge in [0.15, 0.2) is 0 Å². The van der Waals surface area contributed by atoms with E-state index in [4.69, 9.17) is 4.74 Å². The van der Waals surface area contributed by atoms with Gasteiger partial charge in [-0.2, -0.15) is 5.10 Å². The zero-order valence-corrected chi connectivity index (χ0v) is 18.3. The van der Waals surface area contributed by atoms with Crippen molar-refractivity contribution in [2.45, 2.75) is 31.6 Å². The number of ether oxygens (including phenoxy) is 1. The number of aromatic amines is 2. The zero-order valence-electron chi connectivity index (χ0n) is 18.3. The summed E-state index contributed by atoms with van der Waals surface area (Å²) >= 11 is 0. The van der Waals surface area contributed by atoms with Gasteiger partial charge >= 0.3 is 0 Å². The molecule has 1 amide bonds. The summed E-state index contributed by atoms with van der Waals surface area (Å²) in [4.78, 5) is 22.5. The van der Waals surface area contributed by atoms with Crippen LogP contribution in [0.25, 0.3) is 11.0 Å². The van der Waals surface area contributed by atoms with E-state index in [2.05, 4.69) is 26.2 Å². The molecule has 2 N–H and O–H groups in total. The molecule has 2 aromatic carbocycles. The minimum absolute atomic E-state index is 0.154. The van der Waals surface area contributed by atoms with Crippen LogP contribution >= 0.6 is 0 Å². The Morgan fingerprint density at radius 2 is 2.00 bits per heavy atom. The lowest BCUT2D eigenvalue weighted by atomic mass is 10.0. The lowest BCUT2D eigenvalue weighted by Gasteiger charge is -2.15. The SMILES string of the molecule is O=C(CCc1nc2ccccc2[nH]1)N1CCC(c2cc(CCOc3ccc(F)cc3)[nH]n2)C1. The molecule has 2 aromatic heterocycles. The maximum atomic E-state index is 13.0. The summed E-state index contributed by atoms with van der Waals surface area (Å²) in [6.07, 6.45) is 2.64. The van der Waals surface area contributed by atoms with Gasteiger partial charge in [-0.05, 0) is 48.9 Å². The average molecular weight is 448 g/mol. The molecule has 1 aliphatic rings. The number of hydrogen-bond acceptors (Lipinski definition) is 4. The van der Waals surface area contributed by atoms with Crippen LogP contribution < -0.4 is 4.74 Å². The van der Waals surface area contributed by atoms with Crippen LogP contribution in [-0.4, -0.2) is 50.7 Å². The van der Waals surface area contributed by atoms with Crippen molar-refractivity contribution in [2.75, 3.05) is 19.7 Å². The molecule has 0 aliphatic carbocycles. The third-order valence-corrected chi connectivity index (χ3v) is 6.08. The summed E-state index contributed by atoms with van der Waals surface area (Å²) in [5.41, 5.74) is 3.90. The number of carbonyl (C=O) groups excluding carboxylic acids is 1. The van der Waals surface area contributed by atoms with Gasteiger partial charge in [0.2, 0.25) is 5.91 Å². The molecule has 1 saturated heterocycles. The molecule has 0 saturated carbocycles. The first kappa shape index (κ1) is 21.2. The highest BCUT2D eigenvalue weighted by molar-refractivity contribution is 5.77. The minimum Gasteiger partial charge on any atom is -0.493 e. The summed E-state index contributed by atoms with van der Waals surface area (Å²) in [5.74, 6) is 1.60. The van der Waals surface area contributed by atoms with E-state index in [1.54, 1.807) is 12.1 Å². The topological polar surface area (TPSA) is 86.9 Å². The second kappa shape index (κ2) is 9.44. The number of aromatic nitrogens is 4. The zero-order chi connectivity index (χ0) is 22.6. The Hall–Kier alpha value is -3.68. The lowest BCUT2D eigenvalue weighted by molar-refractivity contribution is -0.130. The van der Waals surface area contributed by atoms with Gasteiger partial charge in [-0.1, -0.05) is 12.1 Å². The molecule has 8 heteroatoms. The smallest absolute Gasteiger partial charge is 0.223 e. The van der Waals surface area contributed by atoms with Crippen molar-refractivity contribution in [3.8, 4) is 5.75 Å². The Balaban J connectivity index is 1.09. The van der Waals surface area contributed by atoms with Crippen molar-refractivity contribution in [1.29, 1.82) is 0 Å². The summed E-state index contributed by atoms with van der Waals surface area (Å²) in [5, 5.41) is 7.54. The minimum atomic E-state index is -0.279. The highest BCUT2D eigenvalue weighted by Crippen LogP contribution is 2.27.